The standard InChI is InChI=1S/C12H19BrN4/c1-2-7-14-12-15-8-10(13)11(17-12)16-9-5-3-4-6-9/h8-9H,2-7H2,1H3,(H2,14,15,16,17). The molecule has 0 aromatic carbocycles. The summed E-state index contributed by atoms with van der Waals surface area (Å²) in [6.07, 6.45) is 8.01. The van der Waals surface area contributed by atoms with E-state index in [4.69, 9.17) is 0 Å². The minimum atomic E-state index is 0.570. The van der Waals surface area contributed by atoms with Gasteiger partial charge in [0.15, 0.2) is 0 Å². The van der Waals surface area contributed by atoms with Crippen molar-refractivity contribution in [2.75, 3.05) is 17.2 Å². The normalized spacial score (nSPS) is 16.1. The predicted octanol–water partition coefficient (Wildman–Crippen LogP) is 3.42. The highest BCUT2D eigenvalue weighted by Crippen LogP contribution is 2.26. The molecule has 2 rings (SSSR count). The Labute approximate surface area is 111 Å². The van der Waals surface area contributed by atoms with Crippen molar-refractivity contribution in [2.45, 2.75) is 45.1 Å². The molecule has 5 heteroatoms. The quantitative estimate of drug-likeness (QED) is 0.874. The Morgan fingerprint density at radius 3 is 2.88 bits per heavy atom. The molecule has 4 nitrogen and oxygen atoms in total. The van der Waals surface area contributed by atoms with Crippen molar-refractivity contribution in [2.24, 2.45) is 0 Å². The molecular weight excluding hydrogens is 280 g/mol. The van der Waals surface area contributed by atoms with Crippen LogP contribution in [0.15, 0.2) is 10.7 Å². The SMILES string of the molecule is CCCNc1ncc(Br)c(NC2CCCC2)n1. The topological polar surface area (TPSA) is 49.8 Å². The van der Waals surface area contributed by atoms with E-state index in [2.05, 4.69) is 43.5 Å². The first-order chi connectivity index (χ1) is 8.29. The Morgan fingerprint density at radius 2 is 2.18 bits per heavy atom. The molecular formula is C12H19BrN4. The van der Waals surface area contributed by atoms with Gasteiger partial charge in [-0.1, -0.05) is 19.8 Å². The minimum Gasteiger partial charge on any atom is -0.366 e. The van der Waals surface area contributed by atoms with Gasteiger partial charge in [0, 0.05) is 18.8 Å². The second-order valence-corrected chi connectivity index (χ2v) is 5.30. The Morgan fingerprint density at radius 1 is 1.41 bits per heavy atom. The fraction of sp³-hybridized carbons (Fsp3) is 0.667. The van der Waals surface area contributed by atoms with E-state index in [-0.39, 0.29) is 0 Å². The molecule has 0 unspecified atom stereocenters. The van der Waals surface area contributed by atoms with Crippen LogP contribution in [0.1, 0.15) is 39.0 Å². The summed E-state index contributed by atoms with van der Waals surface area (Å²) in [6.45, 7) is 3.04. The van der Waals surface area contributed by atoms with Gasteiger partial charge in [-0.05, 0) is 35.2 Å². The van der Waals surface area contributed by atoms with Gasteiger partial charge in [-0.25, -0.2) is 4.98 Å². The number of nitrogens with zero attached hydrogens (tertiary/aromatic N) is 2. The molecule has 1 heterocycles. The molecule has 2 N–H and O–H groups in total. The monoisotopic (exact) mass is 298 g/mol. The fourth-order valence-corrected chi connectivity index (χ4v) is 2.36. The maximum atomic E-state index is 4.49. The summed E-state index contributed by atoms with van der Waals surface area (Å²) in [7, 11) is 0. The maximum absolute atomic E-state index is 4.49. The lowest BCUT2D eigenvalue weighted by molar-refractivity contribution is 0.749. The molecule has 0 aliphatic heterocycles. The van der Waals surface area contributed by atoms with Crippen molar-refractivity contribution < 1.29 is 0 Å². The summed E-state index contributed by atoms with van der Waals surface area (Å²) in [5.74, 6) is 1.61. The molecule has 0 atom stereocenters. The average Bonchev–Trinajstić information content (AvgIpc) is 2.83. The lowest BCUT2D eigenvalue weighted by Gasteiger charge is -2.14. The van der Waals surface area contributed by atoms with Gasteiger partial charge in [0.2, 0.25) is 5.95 Å². The number of rotatable bonds is 5. The highest BCUT2D eigenvalue weighted by Gasteiger charge is 2.16. The molecule has 0 radical (unpaired) electrons. The maximum Gasteiger partial charge on any atom is 0.224 e. The Hall–Kier alpha value is -0.840. The van der Waals surface area contributed by atoms with Crippen LogP contribution >= 0.6 is 15.9 Å². The summed E-state index contributed by atoms with van der Waals surface area (Å²) in [6, 6.07) is 0.570. The number of halogens is 1. The molecule has 1 fully saturated rings. The highest BCUT2D eigenvalue weighted by molar-refractivity contribution is 9.10. The average molecular weight is 299 g/mol. The van der Waals surface area contributed by atoms with Crippen LogP contribution in [0.2, 0.25) is 0 Å². The molecule has 0 amide bonds. The van der Waals surface area contributed by atoms with Crippen molar-refractivity contribution >= 4 is 27.7 Å². The van der Waals surface area contributed by atoms with Crippen LogP contribution in [0.25, 0.3) is 0 Å². The van der Waals surface area contributed by atoms with Crippen LogP contribution < -0.4 is 10.6 Å². The molecule has 17 heavy (non-hydrogen) atoms. The van der Waals surface area contributed by atoms with Gasteiger partial charge in [-0.15, -0.1) is 0 Å². The summed E-state index contributed by atoms with van der Waals surface area (Å²) < 4.78 is 0.937. The second kappa shape index (κ2) is 6.19. The van der Waals surface area contributed by atoms with Crippen LogP contribution in [0.4, 0.5) is 11.8 Å². The second-order valence-electron chi connectivity index (χ2n) is 4.44. The van der Waals surface area contributed by atoms with E-state index in [9.17, 15) is 0 Å². The van der Waals surface area contributed by atoms with E-state index >= 15 is 0 Å². The largest absolute Gasteiger partial charge is 0.366 e. The van der Waals surface area contributed by atoms with Gasteiger partial charge in [0.05, 0.1) is 4.47 Å². The first kappa shape index (κ1) is 12.6. The Bertz CT molecular complexity index is 364. The number of anilines is 2. The van der Waals surface area contributed by atoms with Crippen LogP contribution in [-0.4, -0.2) is 22.6 Å². The van der Waals surface area contributed by atoms with Crippen molar-refractivity contribution in [1.29, 1.82) is 0 Å². The first-order valence-electron chi connectivity index (χ1n) is 6.32. The van der Waals surface area contributed by atoms with Crippen LogP contribution in [0, 0.1) is 0 Å². The smallest absolute Gasteiger partial charge is 0.224 e. The molecule has 1 aliphatic carbocycles. The molecule has 1 aromatic heterocycles. The van der Waals surface area contributed by atoms with E-state index < -0.39 is 0 Å². The van der Waals surface area contributed by atoms with E-state index in [0.717, 1.165) is 23.3 Å². The zero-order chi connectivity index (χ0) is 12.1. The highest BCUT2D eigenvalue weighted by atomic mass is 79.9. The third-order valence-electron chi connectivity index (χ3n) is 2.97. The molecule has 94 valence electrons. The van der Waals surface area contributed by atoms with Crippen LogP contribution in [0.3, 0.4) is 0 Å². The van der Waals surface area contributed by atoms with Crippen LogP contribution in [-0.2, 0) is 0 Å². The van der Waals surface area contributed by atoms with E-state index in [1.165, 1.54) is 25.7 Å². The van der Waals surface area contributed by atoms with Crippen molar-refractivity contribution in [3.63, 3.8) is 0 Å². The Kier molecular flexibility index (Phi) is 4.59. The minimum absolute atomic E-state index is 0.570. The summed E-state index contributed by atoms with van der Waals surface area (Å²) >= 11 is 3.49. The summed E-state index contributed by atoms with van der Waals surface area (Å²) in [5.41, 5.74) is 0. The van der Waals surface area contributed by atoms with E-state index in [1.807, 2.05) is 6.20 Å². The molecule has 1 aromatic rings. The van der Waals surface area contributed by atoms with Gasteiger partial charge in [-0.2, -0.15) is 4.98 Å². The molecule has 1 aliphatic rings. The molecule has 1 saturated carbocycles. The zero-order valence-corrected chi connectivity index (χ0v) is 11.8. The lowest BCUT2D eigenvalue weighted by Crippen LogP contribution is -2.17. The fourth-order valence-electron chi connectivity index (χ4n) is 2.05. The Balaban J connectivity index is 2.03. The number of hydrogen-bond donors (Lipinski definition) is 2. The third kappa shape index (κ3) is 3.56. The van der Waals surface area contributed by atoms with Gasteiger partial charge in [0.1, 0.15) is 5.82 Å². The van der Waals surface area contributed by atoms with Crippen molar-refractivity contribution in [1.82, 2.24) is 9.97 Å². The van der Waals surface area contributed by atoms with E-state index in [0.29, 0.717) is 12.0 Å². The summed E-state index contributed by atoms with van der Waals surface area (Å²) in [5, 5.41) is 6.69. The van der Waals surface area contributed by atoms with Crippen molar-refractivity contribution in [3.8, 4) is 0 Å². The van der Waals surface area contributed by atoms with Crippen molar-refractivity contribution in [3.05, 3.63) is 10.7 Å². The molecule has 0 saturated heterocycles. The van der Waals surface area contributed by atoms with E-state index in [1.54, 1.807) is 0 Å². The summed E-state index contributed by atoms with van der Waals surface area (Å²) in [4.78, 5) is 8.73. The van der Waals surface area contributed by atoms with Gasteiger partial charge in [-0.3, -0.25) is 0 Å². The van der Waals surface area contributed by atoms with Crippen LogP contribution in [0.5, 0.6) is 0 Å². The van der Waals surface area contributed by atoms with Gasteiger partial charge in [0.25, 0.3) is 0 Å². The third-order valence-corrected chi connectivity index (χ3v) is 3.55. The molecule has 0 spiro atoms. The van der Waals surface area contributed by atoms with Gasteiger partial charge < -0.3 is 10.6 Å². The lowest BCUT2D eigenvalue weighted by atomic mass is 10.2. The zero-order valence-electron chi connectivity index (χ0n) is 10.2. The molecule has 0 bridgehead atoms. The number of nitrogens with one attached hydrogen (secondary N) is 2. The predicted molar refractivity (Wildman–Crippen MR) is 74.4 cm³/mol. The van der Waals surface area contributed by atoms with Gasteiger partial charge >= 0.3 is 0 Å². The first-order valence-corrected chi connectivity index (χ1v) is 7.12. The number of aromatic nitrogens is 2. The number of hydrogen-bond acceptors (Lipinski definition) is 4.